The minimum Gasteiger partial charge on any atom is -0.464 e. The summed E-state index contributed by atoms with van der Waals surface area (Å²) < 4.78 is 6.52. The molecule has 19 heavy (non-hydrogen) atoms. The van der Waals surface area contributed by atoms with Crippen LogP contribution in [0.1, 0.15) is 21.0 Å². The van der Waals surface area contributed by atoms with Gasteiger partial charge in [-0.3, -0.25) is 14.6 Å². The minimum atomic E-state index is -0.625. The third kappa shape index (κ3) is 2.65. The molecule has 0 spiro atoms. The van der Waals surface area contributed by atoms with Gasteiger partial charge in [0.25, 0.3) is 5.91 Å². The fourth-order valence-electron chi connectivity index (χ4n) is 1.44. The fraction of sp³-hybridized carbons (Fsp3) is 0.200. The number of halogens is 1. The van der Waals surface area contributed by atoms with Crippen molar-refractivity contribution in [1.82, 2.24) is 20.0 Å². The molecule has 0 saturated heterocycles. The summed E-state index contributed by atoms with van der Waals surface area (Å²) >= 11 is 3.18. The lowest BCUT2D eigenvalue weighted by molar-refractivity contribution is 0.0594. The number of anilines is 1. The predicted octanol–water partition coefficient (Wildman–Crippen LogP) is 0.945. The van der Waals surface area contributed by atoms with Gasteiger partial charge in [-0.1, -0.05) is 0 Å². The predicted molar refractivity (Wildman–Crippen MR) is 68.8 cm³/mol. The van der Waals surface area contributed by atoms with Crippen LogP contribution in [0.4, 0.5) is 5.69 Å². The van der Waals surface area contributed by atoms with Crippen molar-refractivity contribution < 1.29 is 14.3 Å². The van der Waals surface area contributed by atoms with Crippen LogP contribution >= 0.6 is 15.9 Å². The lowest BCUT2D eigenvalue weighted by atomic mass is 10.3. The molecule has 0 unspecified atom stereocenters. The molecular formula is C10H10BrN5O3. The maximum absolute atomic E-state index is 12.0. The molecule has 2 rings (SSSR count). The standard InChI is InChI=1S/C10H10BrN5O3/c1-16-4-6(8(15-16)10(18)19-2)13-9(17)7-5(11)3-12-14-7/h3-4H,1-2H3,(H,12,14)(H,13,17). The Bertz CT molecular complexity index is 633. The molecule has 0 bridgehead atoms. The second kappa shape index (κ2) is 5.22. The number of nitrogens with zero attached hydrogens (tertiary/aromatic N) is 3. The third-order valence-electron chi connectivity index (χ3n) is 2.28. The second-order valence-corrected chi connectivity index (χ2v) is 4.46. The number of hydrogen-bond donors (Lipinski definition) is 2. The van der Waals surface area contributed by atoms with Gasteiger partial charge in [0.2, 0.25) is 0 Å². The van der Waals surface area contributed by atoms with E-state index in [1.54, 1.807) is 7.05 Å². The molecule has 0 aromatic carbocycles. The molecule has 2 aromatic rings. The molecule has 0 saturated carbocycles. The van der Waals surface area contributed by atoms with Crippen LogP contribution in [0.3, 0.4) is 0 Å². The molecule has 0 aliphatic heterocycles. The number of carbonyl (C=O) groups is 2. The SMILES string of the molecule is COC(=O)c1nn(C)cc1NC(=O)c1[nH]ncc1Br. The van der Waals surface area contributed by atoms with Crippen LogP contribution in [-0.2, 0) is 11.8 Å². The molecule has 0 radical (unpaired) electrons. The van der Waals surface area contributed by atoms with Gasteiger partial charge in [-0.15, -0.1) is 0 Å². The van der Waals surface area contributed by atoms with Gasteiger partial charge in [-0.2, -0.15) is 10.2 Å². The highest BCUT2D eigenvalue weighted by atomic mass is 79.9. The van der Waals surface area contributed by atoms with Crippen molar-refractivity contribution in [3.8, 4) is 0 Å². The summed E-state index contributed by atoms with van der Waals surface area (Å²) in [7, 11) is 2.88. The molecule has 2 N–H and O–H groups in total. The second-order valence-electron chi connectivity index (χ2n) is 3.60. The molecule has 0 aliphatic rings. The molecule has 8 nitrogen and oxygen atoms in total. The summed E-state index contributed by atoms with van der Waals surface area (Å²) in [5.74, 6) is -1.07. The molecule has 9 heteroatoms. The van der Waals surface area contributed by atoms with Gasteiger partial charge in [-0.25, -0.2) is 4.79 Å². The number of hydrogen-bond acceptors (Lipinski definition) is 5. The highest BCUT2D eigenvalue weighted by Crippen LogP contribution is 2.18. The van der Waals surface area contributed by atoms with Crippen LogP contribution < -0.4 is 5.32 Å². The Morgan fingerprint density at radius 1 is 1.53 bits per heavy atom. The van der Waals surface area contributed by atoms with Gasteiger partial charge >= 0.3 is 5.97 Å². The van der Waals surface area contributed by atoms with Gasteiger partial charge in [0.15, 0.2) is 5.69 Å². The van der Waals surface area contributed by atoms with E-state index in [-0.39, 0.29) is 17.1 Å². The number of aromatic amines is 1. The van der Waals surface area contributed by atoms with Crippen LogP contribution in [0.5, 0.6) is 0 Å². The first kappa shape index (κ1) is 13.3. The van der Waals surface area contributed by atoms with E-state index in [1.807, 2.05) is 0 Å². The Balaban J connectivity index is 2.27. The number of amides is 1. The first-order chi connectivity index (χ1) is 9.02. The van der Waals surface area contributed by atoms with E-state index >= 15 is 0 Å². The number of ether oxygens (including phenoxy) is 1. The van der Waals surface area contributed by atoms with E-state index in [2.05, 4.69) is 41.3 Å². The Hall–Kier alpha value is -2.16. The van der Waals surface area contributed by atoms with Gasteiger partial charge in [0.1, 0.15) is 5.69 Å². The van der Waals surface area contributed by atoms with E-state index in [4.69, 9.17) is 0 Å². The topological polar surface area (TPSA) is 102 Å². The zero-order valence-corrected chi connectivity index (χ0v) is 11.7. The number of methoxy groups -OCH3 is 1. The Morgan fingerprint density at radius 2 is 2.26 bits per heavy atom. The average molecular weight is 328 g/mol. The van der Waals surface area contributed by atoms with Crippen LogP contribution in [0.25, 0.3) is 0 Å². The van der Waals surface area contributed by atoms with E-state index in [0.29, 0.717) is 4.47 Å². The molecule has 0 aliphatic carbocycles. The lowest BCUT2D eigenvalue weighted by Gasteiger charge is -2.02. The largest absolute Gasteiger partial charge is 0.464 e. The van der Waals surface area contributed by atoms with Gasteiger partial charge in [0, 0.05) is 13.2 Å². The van der Waals surface area contributed by atoms with E-state index < -0.39 is 11.9 Å². The fourth-order valence-corrected chi connectivity index (χ4v) is 1.81. The van der Waals surface area contributed by atoms with Crippen molar-refractivity contribution >= 4 is 33.5 Å². The Morgan fingerprint density at radius 3 is 2.84 bits per heavy atom. The number of rotatable bonds is 3. The zero-order chi connectivity index (χ0) is 14.0. The molecule has 2 heterocycles. The molecule has 2 aromatic heterocycles. The van der Waals surface area contributed by atoms with Crippen molar-refractivity contribution in [2.24, 2.45) is 7.05 Å². The number of aromatic nitrogens is 4. The average Bonchev–Trinajstić information content (AvgIpc) is 2.94. The van der Waals surface area contributed by atoms with Crippen molar-refractivity contribution in [1.29, 1.82) is 0 Å². The highest BCUT2D eigenvalue weighted by molar-refractivity contribution is 9.10. The third-order valence-corrected chi connectivity index (χ3v) is 2.88. The number of H-pyrrole nitrogens is 1. The maximum Gasteiger partial charge on any atom is 0.360 e. The monoisotopic (exact) mass is 327 g/mol. The highest BCUT2D eigenvalue weighted by Gasteiger charge is 2.20. The quantitative estimate of drug-likeness (QED) is 0.817. The molecule has 0 atom stereocenters. The number of nitrogens with one attached hydrogen (secondary N) is 2. The molecule has 0 fully saturated rings. The summed E-state index contributed by atoms with van der Waals surface area (Å²) in [5.41, 5.74) is 0.550. The van der Waals surface area contributed by atoms with Gasteiger partial charge in [0.05, 0.1) is 23.5 Å². The normalized spacial score (nSPS) is 10.3. The summed E-state index contributed by atoms with van der Waals surface area (Å²) in [6.45, 7) is 0. The molecular weight excluding hydrogens is 318 g/mol. The van der Waals surface area contributed by atoms with Crippen molar-refractivity contribution in [3.63, 3.8) is 0 Å². The van der Waals surface area contributed by atoms with Crippen molar-refractivity contribution in [2.45, 2.75) is 0 Å². The first-order valence-corrected chi connectivity index (χ1v) is 5.94. The van der Waals surface area contributed by atoms with E-state index in [9.17, 15) is 9.59 Å². The zero-order valence-electron chi connectivity index (χ0n) is 10.1. The first-order valence-electron chi connectivity index (χ1n) is 5.15. The molecule has 100 valence electrons. The number of carbonyl (C=O) groups excluding carboxylic acids is 2. The number of aryl methyl sites for hydroxylation is 1. The van der Waals surface area contributed by atoms with Crippen molar-refractivity contribution in [2.75, 3.05) is 12.4 Å². The minimum absolute atomic E-state index is 0.0361. The lowest BCUT2D eigenvalue weighted by Crippen LogP contribution is -2.15. The Kier molecular flexibility index (Phi) is 3.65. The van der Waals surface area contributed by atoms with Crippen LogP contribution in [0.2, 0.25) is 0 Å². The summed E-state index contributed by atoms with van der Waals surface area (Å²) in [5, 5.41) is 12.8. The number of esters is 1. The van der Waals surface area contributed by atoms with Gasteiger partial charge < -0.3 is 10.1 Å². The van der Waals surface area contributed by atoms with Gasteiger partial charge in [-0.05, 0) is 15.9 Å². The molecule has 1 amide bonds. The maximum atomic E-state index is 12.0. The van der Waals surface area contributed by atoms with Crippen LogP contribution in [0, 0.1) is 0 Å². The van der Waals surface area contributed by atoms with Crippen molar-refractivity contribution in [3.05, 3.63) is 28.3 Å². The smallest absolute Gasteiger partial charge is 0.360 e. The summed E-state index contributed by atoms with van der Waals surface area (Å²) in [6, 6.07) is 0. The van der Waals surface area contributed by atoms with Crippen LogP contribution in [0.15, 0.2) is 16.9 Å². The Labute approximate surface area is 116 Å². The van der Waals surface area contributed by atoms with E-state index in [1.165, 1.54) is 24.2 Å². The summed E-state index contributed by atoms with van der Waals surface area (Å²) in [6.07, 6.45) is 2.97. The van der Waals surface area contributed by atoms with E-state index in [0.717, 1.165) is 0 Å². The van der Waals surface area contributed by atoms with Crippen LogP contribution in [-0.4, -0.2) is 39.0 Å². The summed E-state index contributed by atoms with van der Waals surface area (Å²) in [4.78, 5) is 23.5.